The van der Waals surface area contributed by atoms with Crippen molar-refractivity contribution in [3.05, 3.63) is 53.1 Å². The predicted octanol–water partition coefficient (Wildman–Crippen LogP) is 2.60. The molecule has 0 spiro atoms. The van der Waals surface area contributed by atoms with Gasteiger partial charge in [0.15, 0.2) is 5.34 Å². The first kappa shape index (κ1) is 12.7. The Morgan fingerprint density at radius 2 is 1.95 bits per heavy atom. The van der Waals surface area contributed by atoms with E-state index >= 15 is 0 Å². The highest BCUT2D eigenvalue weighted by atomic mass is 16.7. The molecule has 1 heterocycles. The fourth-order valence-corrected chi connectivity index (χ4v) is 1.56. The topological polar surface area (TPSA) is 77.9 Å². The van der Waals surface area contributed by atoms with Crippen molar-refractivity contribution in [3.63, 3.8) is 0 Å². The van der Waals surface area contributed by atoms with E-state index in [1.54, 1.807) is 19.2 Å². The van der Waals surface area contributed by atoms with E-state index in [0.717, 1.165) is 11.3 Å². The minimum Gasteiger partial charge on any atom is -0.497 e. The summed E-state index contributed by atoms with van der Waals surface area (Å²) in [4.78, 5) is 29.4. The van der Waals surface area contributed by atoms with Gasteiger partial charge in [-0.25, -0.2) is 4.79 Å². The number of hydrogen-bond acceptors (Lipinski definition) is 6. The van der Waals surface area contributed by atoms with E-state index in [1.165, 1.54) is 18.3 Å². The van der Waals surface area contributed by atoms with Crippen LogP contribution in [0.3, 0.4) is 0 Å². The van der Waals surface area contributed by atoms with E-state index < -0.39 is 5.97 Å². The first-order chi connectivity index (χ1) is 9.24. The molecular formula is C13H10N2O4. The summed E-state index contributed by atoms with van der Waals surface area (Å²) in [5.41, 5.74) is 1.61. The summed E-state index contributed by atoms with van der Waals surface area (Å²) in [5, 5.41) is 2.10. The molecule has 2 rings (SSSR count). The van der Waals surface area contributed by atoms with Gasteiger partial charge in [-0.05, 0) is 36.4 Å². The van der Waals surface area contributed by atoms with Crippen molar-refractivity contribution in [3.8, 4) is 17.0 Å². The Balaban J connectivity index is 2.31. The molecule has 0 aliphatic heterocycles. The largest absolute Gasteiger partial charge is 0.497 e. The minimum absolute atomic E-state index is 0.209. The number of ether oxygens (including phenoxy) is 1. The Morgan fingerprint density at radius 3 is 2.58 bits per heavy atom. The van der Waals surface area contributed by atoms with E-state index in [1.807, 2.05) is 12.1 Å². The molecule has 0 saturated carbocycles. The van der Waals surface area contributed by atoms with Gasteiger partial charge in [0.05, 0.1) is 18.4 Å². The number of nitrogens with zero attached hydrogens (tertiary/aromatic N) is 2. The van der Waals surface area contributed by atoms with Crippen LogP contribution in [0.5, 0.6) is 5.75 Å². The van der Waals surface area contributed by atoms with Crippen LogP contribution in [-0.4, -0.2) is 18.1 Å². The Morgan fingerprint density at radius 1 is 1.21 bits per heavy atom. The standard InChI is InChI=1S/C13H10N2O4/c1-18-11-4-2-9(3-5-11)12-8-10(6-7-14-12)13(16)19-15-17/h2-8H,1H3. The summed E-state index contributed by atoms with van der Waals surface area (Å²) in [7, 11) is 1.58. The van der Waals surface area contributed by atoms with Gasteiger partial charge >= 0.3 is 5.97 Å². The van der Waals surface area contributed by atoms with Crippen LogP contribution in [-0.2, 0) is 4.84 Å². The molecular weight excluding hydrogens is 248 g/mol. The zero-order chi connectivity index (χ0) is 13.7. The van der Waals surface area contributed by atoms with Crippen molar-refractivity contribution in [1.29, 1.82) is 0 Å². The van der Waals surface area contributed by atoms with Gasteiger partial charge in [0.1, 0.15) is 5.75 Å². The first-order valence-corrected chi connectivity index (χ1v) is 5.39. The highest BCUT2D eigenvalue weighted by Crippen LogP contribution is 2.21. The van der Waals surface area contributed by atoms with Crippen LogP contribution in [0, 0.1) is 4.91 Å². The van der Waals surface area contributed by atoms with Crippen LogP contribution >= 0.6 is 0 Å². The third kappa shape index (κ3) is 2.92. The molecule has 0 aliphatic carbocycles. The number of benzene rings is 1. The van der Waals surface area contributed by atoms with Gasteiger partial charge < -0.3 is 4.74 Å². The second-order valence-electron chi connectivity index (χ2n) is 3.61. The maximum atomic E-state index is 11.4. The highest BCUT2D eigenvalue weighted by molar-refractivity contribution is 5.90. The van der Waals surface area contributed by atoms with Gasteiger partial charge in [0.25, 0.3) is 0 Å². The number of rotatable bonds is 4. The van der Waals surface area contributed by atoms with Crippen molar-refractivity contribution in [1.82, 2.24) is 4.98 Å². The quantitative estimate of drug-likeness (QED) is 0.622. The van der Waals surface area contributed by atoms with E-state index in [4.69, 9.17) is 4.74 Å². The number of carbonyl (C=O) groups is 1. The van der Waals surface area contributed by atoms with E-state index in [2.05, 4.69) is 15.2 Å². The van der Waals surface area contributed by atoms with Crippen LogP contribution in [0.1, 0.15) is 10.4 Å². The van der Waals surface area contributed by atoms with E-state index in [-0.39, 0.29) is 5.56 Å². The van der Waals surface area contributed by atoms with Crippen LogP contribution in [0.15, 0.2) is 47.9 Å². The van der Waals surface area contributed by atoms with Gasteiger partial charge in [-0.2, -0.15) is 0 Å². The summed E-state index contributed by atoms with van der Waals surface area (Å²) >= 11 is 0. The summed E-state index contributed by atoms with van der Waals surface area (Å²) in [6.45, 7) is 0. The molecule has 0 fully saturated rings. The Kier molecular flexibility index (Phi) is 3.82. The lowest BCUT2D eigenvalue weighted by molar-refractivity contribution is 0.0508. The minimum atomic E-state index is -0.813. The lowest BCUT2D eigenvalue weighted by Crippen LogP contribution is -2.01. The molecule has 1 aromatic heterocycles. The van der Waals surface area contributed by atoms with Gasteiger partial charge in [-0.1, -0.05) is 0 Å². The smallest absolute Gasteiger partial charge is 0.369 e. The molecule has 6 nitrogen and oxygen atoms in total. The molecule has 0 saturated heterocycles. The van der Waals surface area contributed by atoms with Gasteiger partial charge in [-0.3, -0.25) is 9.82 Å². The van der Waals surface area contributed by atoms with Gasteiger partial charge in [0.2, 0.25) is 0 Å². The highest BCUT2D eigenvalue weighted by Gasteiger charge is 2.10. The fourth-order valence-electron chi connectivity index (χ4n) is 1.56. The maximum absolute atomic E-state index is 11.4. The lowest BCUT2D eigenvalue weighted by atomic mass is 10.1. The zero-order valence-corrected chi connectivity index (χ0v) is 10.1. The molecule has 0 radical (unpaired) electrons. The molecule has 0 bridgehead atoms. The lowest BCUT2D eigenvalue weighted by Gasteiger charge is -2.04. The number of carbonyl (C=O) groups excluding carboxylic acids is 1. The molecule has 0 aliphatic rings. The maximum Gasteiger partial charge on any atom is 0.369 e. The molecule has 1 aromatic carbocycles. The van der Waals surface area contributed by atoms with E-state index in [0.29, 0.717) is 5.69 Å². The molecule has 0 unspecified atom stereocenters. The van der Waals surface area contributed by atoms with Crippen molar-refractivity contribution in [2.75, 3.05) is 7.11 Å². The van der Waals surface area contributed by atoms with Crippen molar-refractivity contribution in [2.45, 2.75) is 0 Å². The number of methoxy groups -OCH3 is 1. The number of aromatic nitrogens is 1. The van der Waals surface area contributed by atoms with Crippen LogP contribution < -0.4 is 4.74 Å². The molecule has 0 N–H and O–H groups in total. The van der Waals surface area contributed by atoms with Crippen LogP contribution in [0.25, 0.3) is 11.3 Å². The van der Waals surface area contributed by atoms with Gasteiger partial charge in [0, 0.05) is 11.8 Å². The average Bonchev–Trinajstić information content (AvgIpc) is 2.48. The summed E-state index contributed by atoms with van der Waals surface area (Å²) in [6, 6.07) is 10.2. The monoisotopic (exact) mass is 258 g/mol. The average molecular weight is 258 g/mol. The number of pyridine rings is 1. The molecule has 6 heteroatoms. The molecule has 96 valence electrons. The number of hydrogen-bond donors (Lipinski definition) is 0. The predicted molar refractivity (Wildman–Crippen MR) is 67.4 cm³/mol. The molecule has 0 atom stereocenters. The van der Waals surface area contributed by atoms with Gasteiger partial charge in [-0.15, -0.1) is 4.91 Å². The van der Waals surface area contributed by atoms with Crippen molar-refractivity contribution in [2.24, 2.45) is 5.34 Å². The molecule has 19 heavy (non-hydrogen) atoms. The summed E-state index contributed by atoms with van der Waals surface area (Å²) in [6.07, 6.45) is 1.46. The van der Waals surface area contributed by atoms with Crippen LogP contribution in [0.2, 0.25) is 0 Å². The normalized spacial score (nSPS) is 9.74. The van der Waals surface area contributed by atoms with Crippen molar-refractivity contribution < 1.29 is 14.4 Å². The second kappa shape index (κ2) is 5.72. The third-order valence-corrected chi connectivity index (χ3v) is 2.50. The zero-order valence-electron chi connectivity index (χ0n) is 10.1. The van der Waals surface area contributed by atoms with Crippen LogP contribution in [0.4, 0.5) is 0 Å². The Hall–Kier alpha value is -2.76. The first-order valence-electron chi connectivity index (χ1n) is 5.39. The Labute approximate surface area is 108 Å². The third-order valence-electron chi connectivity index (χ3n) is 2.50. The summed E-state index contributed by atoms with van der Waals surface area (Å²) < 4.78 is 5.06. The fraction of sp³-hybridized carbons (Fsp3) is 0.0769. The molecule has 0 amide bonds. The SMILES string of the molecule is COc1ccc(-c2cc(C(=O)ON=O)ccn2)cc1. The van der Waals surface area contributed by atoms with E-state index in [9.17, 15) is 9.70 Å². The summed E-state index contributed by atoms with van der Waals surface area (Å²) in [5.74, 6) is -0.0865. The molecule has 2 aromatic rings. The second-order valence-corrected chi connectivity index (χ2v) is 3.61. The Bertz CT molecular complexity index is 596. The van der Waals surface area contributed by atoms with Crippen molar-refractivity contribution >= 4 is 5.97 Å².